The highest BCUT2D eigenvalue weighted by Gasteiger charge is 2.41. The van der Waals surface area contributed by atoms with E-state index < -0.39 is 10.0 Å². The molecule has 0 bridgehead atoms. The van der Waals surface area contributed by atoms with Gasteiger partial charge in [0.25, 0.3) is 10.0 Å². The lowest BCUT2D eigenvalue weighted by atomic mass is 9.99. The molecule has 2 heterocycles. The number of carbonyl (C=O) groups is 1. The second-order valence-corrected chi connectivity index (χ2v) is 8.25. The summed E-state index contributed by atoms with van der Waals surface area (Å²) >= 11 is 1.25. The van der Waals surface area contributed by atoms with Crippen LogP contribution in [0.3, 0.4) is 0 Å². The van der Waals surface area contributed by atoms with Gasteiger partial charge in [0.1, 0.15) is 4.21 Å². The van der Waals surface area contributed by atoms with Crippen LogP contribution in [-0.2, 0) is 19.6 Å². The van der Waals surface area contributed by atoms with Crippen LogP contribution in [-0.4, -0.2) is 38.9 Å². The van der Waals surface area contributed by atoms with Crippen molar-refractivity contribution >= 4 is 27.3 Å². The quantitative estimate of drug-likeness (QED) is 0.794. The molecule has 106 valence electrons. The summed E-state index contributed by atoms with van der Waals surface area (Å²) in [6, 6.07) is 3.40. The van der Waals surface area contributed by atoms with Crippen molar-refractivity contribution in [1.29, 1.82) is 0 Å². The lowest BCUT2D eigenvalue weighted by Crippen LogP contribution is -2.29. The van der Waals surface area contributed by atoms with Crippen LogP contribution in [0.1, 0.15) is 11.8 Å². The van der Waals surface area contributed by atoms with Crippen LogP contribution in [0.15, 0.2) is 16.3 Å². The Morgan fingerprint density at radius 1 is 1.42 bits per heavy atom. The number of thiophene rings is 1. The van der Waals surface area contributed by atoms with E-state index in [0.29, 0.717) is 10.8 Å². The van der Waals surface area contributed by atoms with Crippen molar-refractivity contribution in [3.8, 4) is 0 Å². The minimum atomic E-state index is -3.48. The molecule has 0 aromatic carbocycles. The second kappa shape index (κ2) is 5.22. The number of carbonyl (C=O) groups excluding carboxylic acids is 1. The van der Waals surface area contributed by atoms with Crippen LogP contribution in [0, 0.1) is 18.8 Å². The minimum absolute atomic E-state index is 0.0247. The molecule has 0 spiro atoms. The van der Waals surface area contributed by atoms with Gasteiger partial charge in [0, 0.05) is 18.0 Å². The summed E-state index contributed by atoms with van der Waals surface area (Å²) in [5, 5.41) is 0. The summed E-state index contributed by atoms with van der Waals surface area (Å²) in [6.07, 6.45) is 0. The molecule has 1 saturated heterocycles. The van der Waals surface area contributed by atoms with Crippen molar-refractivity contribution in [2.45, 2.75) is 18.1 Å². The number of ether oxygens (including phenoxy) is 1. The first kappa shape index (κ1) is 14.5. The lowest BCUT2D eigenvalue weighted by Gasteiger charge is -2.14. The maximum Gasteiger partial charge on any atom is 0.310 e. The van der Waals surface area contributed by atoms with Crippen molar-refractivity contribution in [2.24, 2.45) is 11.8 Å². The predicted molar refractivity (Wildman–Crippen MR) is 72.5 cm³/mol. The largest absolute Gasteiger partial charge is 0.469 e. The molecule has 0 saturated carbocycles. The molecule has 1 aromatic rings. The van der Waals surface area contributed by atoms with E-state index in [4.69, 9.17) is 4.74 Å². The average molecular weight is 303 g/mol. The maximum atomic E-state index is 12.4. The van der Waals surface area contributed by atoms with Crippen LogP contribution in [0.4, 0.5) is 0 Å². The van der Waals surface area contributed by atoms with Gasteiger partial charge in [0.15, 0.2) is 0 Å². The van der Waals surface area contributed by atoms with E-state index in [1.54, 1.807) is 12.1 Å². The number of esters is 1. The van der Waals surface area contributed by atoms with Crippen LogP contribution >= 0.6 is 11.3 Å². The first-order valence-electron chi connectivity index (χ1n) is 6.00. The van der Waals surface area contributed by atoms with Gasteiger partial charge in [0.2, 0.25) is 0 Å². The maximum absolute atomic E-state index is 12.4. The van der Waals surface area contributed by atoms with Gasteiger partial charge in [-0.2, -0.15) is 4.31 Å². The Balaban J connectivity index is 2.22. The summed E-state index contributed by atoms with van der Waals surface area (Å²) in [7, 11) is -2.15. The van der Waals surface area contributed by atoms with Crippen LogP contribution in [0.2, 0.25) is 0 Å². The summed E-state index contributed by atoms with van der Waals surface area (Å²) in [4.78, 5) is 12.6. The smallest absolute Gasteiger partial charge is 0.310 e. The molecule has 1 aliphatic heterocycles. The average Bonchev–Trinajstić information content (AvgIpc) is 2.95. The molecule has 0 aliphatic carbocycles. The number of methoxy groups -OCH3 is 1. The number of hydrogen-bond acceptors (Lipinski definition) is 5. The summed E-state index contributed by atoms with van der Waals surface area (Å²) in [5.74, 6) is -0.739. The molecule has 7 heteroatoms. The van der Waals surface area contributed by atoms with E-state index in [9.17, 15) is 13.2 Å². The number of sulfonamides is 1. The lowest BCUT2D eigenvalue weighted by molar-refractivity contribution is -0.145. The third-order valence-electron chi connectivity index (χ3n) is 3.39. The number of aryl methyl sites for hydroxylation is 1. The monoisotopic (exact) mass is 303 g/mol. The molecule has 2 rings (SSSR count). The summed E-state index contributed by atoms with van der Waals surface area (Å²) in [5.41, 5.74) is 0. The van der Waals surface area contributed by atoms with Gasteiger partial charge in [-0.15, -0.1) is 11.3 Å². The van der Waals surface area contributed by atoms with Gasteiger partial charge in [-0.3, -0.25) is 4.79 Å². The Morgan fingerprint density at radius 3 is 2.63 bits per heavy atom. The van der Waals surface area contributed by atoms with Gasteiger partial charge in [-0.25, -0.2) is 8.42 Å². The van der Waals surface area contributed by atoms with E-state index >= 15 is 0 Å². The van der Waals surface area contributed by atoms with Crippen LogP contribution < -0.4 is 0 Å². The Bertz CT molecular complexity index is 578. The van der Waals surface area contributed by atoms with Gasteiger partial charge in [0.05, 0.1) is 13.0 Å². The zero-order valence-corrected chi connectivity index (χ0v) is 12.8. The zero-order chi connectivity index (χ0) is 14.2. The fourth-order valence-corrected chi connectivity index (χ4v) is 5.26. The molecule has 0 radical (unpaired) electrons. The normalized spacial score (nSPS) is 24.6. The summed E-state index contributed by atoms with van der Waals surface area (Å²) in [6.45, 7) is 4.30. The third kappa shape index (κ3) is 2.68. The molecule has 1 fully saturated rings. The molecule has 2 atom stereocenters. The van der Waals surface area contributed by atoms with E-state index in [1.165, 1.54) is 22.8 Å². The molecule has 5 nitrogen and oxygen atoms in total. The first-order chi connectivity index (χ1) is 8.86. The van der Waals surface area contributed by atoms with Gasteiger partial charge >= 0.3 is 5.97 Å². The van der Waals surface area contributed by atoms with Crippen LogP contribution in [0.25, 0.3) is 0 Å². The zero-order valence-electron chi connectivity index (χ0n) is 11.1. The molecule has 0 N–H and O–H groups in total. The molecular formula is C12H17NO4S2. The standard InChI is InChI=1S/C12H17NO4S2/c1-8-6-13(7-10(8)12(14)17-3)19(15,16)11-5-4-9(2)18-11/h4-5,8,10H,6-7H2,1-3H3. The topological polar surface area (TPSA) is 63.7 Å². The predicted octanol–water partition coefficient (Wildman–Crippen LogP) is 1.49. The van der Waals surface area contributed by atoms with Gasteiger partial charge in [-0.05, 0) is 25.0 Å². The highest BCUT2D eigenvalue weighted by atomic mass is 32.2. The minimum Gasteiger partial charge on any atom is -0.469 e. The van der Waals surface area contributed by atoms with Gasteiger partial charge in [-0.1, -0.05) is 6.92 Å². The Hall–Kier alpha value is -0.920. The van der Waals surface area contributed by atoms with Crippen molar-refractivity contribution in [3.05, 3.63) is 17.0 Å². The molecule has 1 aromatic heterocycles. The van der Waals surface area contributed by atoms with Crippen molar-refractivity contribution in [3.63, 3.8) is 0 Å². The SMILES string of the molecule is COC(=O)C1CN(S(=O)(=O)c2ccc(C)s2)CC1C. The first-order valence-corrected chi connectivity index (χ1v) is 8.26. The fraction of sp³-hybridized carbons (Fsp3) is 0.583. The summed E-state index contributed by atoms with van der Waals surface area (Å²) < 4.78 is 31.3. The molecule has 0 amide bonds. The molecule has 1 aliphatic rings. The van der Waals surface area contributed by atoms with Gasteiger partial charge < -0.3 is 4.74 Å². The van der Waals surface area contributed by atoms with E-state index in [1.807, 2.05) is 13.8 Å². The van der Waals surface area contributed by atoms with E-state index in [0.717, 1.165) is 4.88 Å². The van der Waals surface area contributed by atoms with Crippen molar-refractivity contribution in [2.75, 3.05) is 20.2 Å². The van der Waals surface area contributed by atoms with Crippen molar-refractivity contribution < 1.29 is 17.9 Å². The second-order valence-electron chi connectivity index (χ2n) is 4.79. The highest BCUT2D eigenvalue weighted by molar-refractivity contribution is 7.91. The number of hydrogen-bond donors (Lipinski definition) is 0. The number of rotatable bonds is 3. The Morgan fingerprint density at radius 2 is 2.11 bits per heavy atom. The van der Waals surface area contributed by atoms with Crippen molar-refractivity contribution in [1.82, 2.24) is 4.31 Å². The molecule has 2 unspecified atom stereocenters. The Kier molecular flexibility index (Phi) is 3.98. The highest BCUT2D eigenvalue weighted by Crippen LogP contribution is 2.31. The Labute approximate surface area is 117 Å². The number of nitrogens with zero attached hydrogens (tertiary/aromatic N) is 1. The molecular weight excluding hydrogens is 286 g/mol. The van der Waals surface area contributed by atoms with E-state index in [2.05, 4.69) is 0 Å². The van der Waals surface area contributed by atoms with E-state index in [-0.39, 0.29) is 24.3 Å². The van der Waals surface area contributed by atoms with Crippen LogP contribution in [0.5, 0.6) is 0 Å². The third-order valence-corrected chi connectivity index (χ3v) is 6.69. The molecule has 19 heavy (non-hydrogen) atoms. The fourth-order valence-electron chi connectivity index (χ4n) is 2.25.